The smallest absolute Gasteiger partial charge is 0.234 e. The summed E-state index contributed by atoms with van der Waals surface area (Å²) in [7, 11) is 0. The first-order chi connectivity index (χ1) is 12.0. The summed E-state index contributed by atoms with van der Waals surface area (Å²) in [4.78, 5) is 12.8. The third kappa shape index (κ3) is 2.84. The fraction of sp³-hybridized carbons (Fsp3) is 0.316. The molecule has 0 bridgehead atoms. The van der Waals surface area contributed by atoms with E-state index in [-0.39, 0.29) is 12.7 Å². The van der Waals surface area contributed by atoms with Crippen molar-refractivity contribution in [1.82, 2.24) is 0 Å². The molecule has 0 aliphatic carbocycles. The SMILES string of the molecule is CC(C)(C(=O)Nc1ccc2c(c1)OCO2)c1ccc2c(c1)OCCO2. The van der Waals surface area contributed by atoms with Gasteiger partial charge in [0.2, 0.25) is 12.7 Å². The molecule has 0 unspecified atom stereocenters. The summed E-state index contributed by atoms with van der Waals surface area (Å²) in [6.07, 6.45) is 0. The second kappa shape index (κ2) is 5.88. The summed E-state index contributed by atoms with van der Waals surface area (Å²) in [6.45, 7) is 5.01. The standard InChI is InChI=1S/C19H19NO5/c1-19(2,12-3-5-14-16(9-12)23-8-7-22-14)18(21)20-13-4-6-15-17(10-13)25-11-24-15/h3-6,9-10H,7-8,11H2,1-2H3,(H,20,21). The van der Waals surface area contributed by atoms with Crippen LogP contribution >= 0.6 is 0 Å². The quantitative estimate of drug-likeness (QED) is 0.929. The molecule has 1 N–H and O–H groups in total. The molecule has 2 aromatic rings. The zero-order valence-corrected chi connectivity index (χ0v) is 14.1. The van der Waals surface area contributed by atoms with Gasteiger partial charge in [0.1, 0.15) is 13.2 Å². The average molecular weight is 341 g/mol. The number of carbonyl (C=O) groups is 1. The summed E-state index contributed by atoms with van der Waals surface area (Å²) in [5.41, 5.74) is 0.779. The number of ether oxygens (including phenoxy) is 4. The van der Waals surface area contributed by atoms with Crippen LogP contribution in [0.25, 0.3) is 0 Å². The number of nitrogens with one attached hydrogen (secondary N) is 1. The van der Waals surface area contributed by atoms with Crippen LogP contribution < -0.4 is 24.3 Å². The minimum absolute atomic E-state index is 0.122. The Morgan fingerprint density at radius 3 is 2.36 bits per heavy atom. The number of anilines is 1. The maximum atomic E-state index is 12.8. The van der Waals surface area contributed by atoms with Crippen LogP contribution in [0.2, 0.25) is 0 Å². The van der Waals surface area contributed by atoms with Crippen molar-refractivity contribution in [3.8, 4) is 23.0 Å². The molecule has 0 saturated carbocycles. The number of fused-ring (bicyclic) bond motifs is 2. The number of hydrogen-bond acceptors (Lipinski definition) is 5. The summed E-state index contributed by atoms with van der Waals surface area (Å²) in [5, 5.41) is 2.94. The Balaban J connectivity index is 1.56. The first-order valence-electron chi connectivity index (χ1n) is 8.15. The van der Waals surface area contributed by atoms with Crippen molar-refractivity contribution in [3.05, 3.63) is 42.0 Å². The van der Waals surface area contributed by atoms with Crippen LogP contribution in [0.15, 0.2) is 36.4 Å². The van der Waals surface area contributed by atoms with Gasteiger partial charge in [-0.3, -0.25) is 4.79 Å². The van der Waals surface area contributed by atoms with E-state index in [1.54, 1.807) is 18.2 Å². The van der Waals surface area contributed by atoms with E-state index in [4.69, 9.17) is 18.9 Å². The van der Waals surface area contributed by atoms with Crippen molar-refractivity contribution in [1.29, 1.82) is 0 Å². The summed E-state index contributed by atoms with van der Waals surface area (Å²) in [5.74, 6) is 2.58. The van der Waals surface area contributed by atoms with Crippen molar-refractivity contribution in [3.63, 3.8) is 0 Å². The molecular weight excluding hydrogens is 322 g/mol. The highest BCUT2D eigenvalue weighted by Crippen LogP contribution is 2.37. The summed E-state index contributed by atoms with van der Waals surface area (Å²) >= 11 is 0. The molecule has 2 heterocycles. The van der Waals surface area contributed by atoms with Crippen molar-refractivity contribution in [2.75, 3.05) is 25.3 Å². The molecule has 25 heavy (non-hydrogen) atoms. The van der Waals surface area contributed by atoms with E-state index < -0.39 is 5.41 Å². The minimum Gasteiger partial charge on any atom is -0.486 e. The highest BCUT2D eigenvalue weighted by atomic mass is 16.7. The fourth-order valence-electron chi connectivity index (χ4n) is 2.82. The minimum atomic E-state index is -0.744. The van der Waals surface area contributed by atoms with Crippen LogP contribution in [0.4, 0.5) is 5.69 Å². The molecule has 0 saturated heterocycles. The van der Waals surface area contributed by atoms with Crippen molar-refractivity contribution >= 4 is 11.6 Å². The lowest BCUT2D eigenvalue weighted by Crippen LogP contribution is -2.34. The first-order valence-corrected chi connectivity index (χ1v) is 8.15. The molecular formula is C19H19NO5. The third-order valence-electron chi connectivity index (χ3n) is 4.46. The van der Waals surface area contributed by atoms with Crippen LogP contribution in [0.3, 0.4) is 0 Å². The summed E-state index contributed by atoms with van der Waals surface area (Å²) < 4.78 is 21.8. The fourth-order valence-corrected chi connectivity index (χ4v) is 2.82. The van der Waals surface area contributed by atoms with Gasteiger partial charge in [-0.25, -0.2) is 0 Å². The zero-order chi connectivity index (χ0) is 17.4. The lowest BCUT2D eigenvalue weighted by Gasteiger charge is -2.26. The van der Waals surface area contributed by atoms with Gasteiger partial charge < -0.3 is 24.3 Å². The van der Waals surface area contributed by atoms with Crippen LogP contribution in [0.1, 0.15) is 19.4 Å². The van der Waals surface area contributed by atoms with E-state index in [1.807, 2.05) is 32.0 Å². The van der Waals surface area contributed by atoms with E-state index in [1.165, 1.54) is 0 Å². The van der Waals surface area contributed by atoms with E-state index >= 15 is 0 Å². The molecule has 0 aromatic heterocycles. The molecule has 0 radical (unpaired) electrons. The van der Waals surface area contributed by atoms with Crippen molar-refractivity contribution < 1.29 is 23.7 Å². The van der Waals surface area contributed by atoms with Crippen LogP contribution in [0.5, 0.6) is 23.0 Å². The molecule has 0 atom stereocenters. The average Bonchev–Trinajstić information content (AvgIpc) is 3.09. The predicted molar refractivity (Wildman–Crippen MR) is 91.7 cm³/mol. The number of rotatable bonds is 3. The van der Waals surface area contributed by atoms with Gasteiger partial charge in [0.05, 0.1) is 5.41 Å². The molecule has 130 valence electrons. The normalized spacial score (nSPS) is 15.0. The molecule has 6 heteroatoms. The Hall–Kier alpha value is -2.89. The van der Waals surface area contributed by atoms with E-state index in [0.717, 1.165) is 5.56 Å². The molecule has 4 rings (SSSR count). The number of amides is 1. The molecule has 0 fully saturated rings. The second-order valence-corrected chi connectivity index (χ2v) is 6.51. The van der Waals surface area contributed by atoms with Crippen LogP contribution in [-0.4, -0.2) is 25.9 Å². The molecule has 1 amide bonds. The second-order valence-electron chi connectivity index (χ2n) is 6.51. The topological polar surface area (TPSA) is 66.0 Å². The van der Waals surface area contributed by atoms with Crippen LogP contribution in [0, 0.1) is 0 Å². The highest BCUT2D eigenvalue weighted by Gasteiger charge is 2.31. The van der Waals surface area contributed by atoms with Crippen LogP contribution in [-0.2, 0) is 10.2 Å². The molecule has 0 spiro atoms. The van der Waals surface area contributed by atoms with Crippen molar-refractivity contribution in [2.45, 2.75) is 19.3 Å². The van der Waals surface area contributed by atoms with Gasteiger partial charge in [-0.1, -0.05) is 6.07 Å². The van der Waals surface area contributed by atoms with E-state index in [0.29, 0.717) is 41.9 Å². The van der Waals surface area contributed by atoms with Gasteiger partial charge >= 0.3 is 0 Å². The van der Waals surface area contributed by atoms with E-state index in [2.05, 4.69) is 5.32 Å². The number of hydrogen-bond donors (Lipinski definition) is 1. The highest BCUT2D eigenvalue weighted by molar-refractivity contribution is 5.98. The van der Waals surface area contributed by atoms with E-state index in [9.17, 15) is 4.79 Å². The first kappa shape index (κ1) is 15.6. The lowest BCUT2D eigenvalue weighted by molar-refractivity contribution is -0.120. The Morgan fingerprint density at radius 1 is 0.880 bits per heavy atom. The Bertz CT molecular complexity index is 831. The molecule has 6 nitrogen and oxygen atoms in total. The van der Waals surface area contributed by atoms with Gasteiger partial charge in [0.15, 0.2) is 23.0 Å². The third-order valence-corrected chi connectivity index (χ3v) is 4.46. The largest absolute Gasteiger partial charge is 0.486 e. The van der Waals surface area contributed by atoms with Gasteiger partial charge in [-0.15, -0.1) is 0 Å². The zero-order valence-electron chi connectivity index (χ0n) is 14.1. The van der Waals surface area contributed by atoms with Gasteiger partial charge in [-0.05, 0) is 43.7 Å². The molecule has 2 aromatic carbocycles. The lowest BCUT2D eigenvalue weighted by atomic mass is 9.83. The maximum Gasteiger partial charge on any atom is 0.234 e. The Labute approximate surface area is 145 Å². The van der Waals surface area contributed by atoms with Gasteiger partial charge in [0, 0.05) is 11.8 Å². The molecule has 2 aliphatic heterocycles. The Kier molecular flexibility index (Phi) is 3.67. The monoisotopic (exact) mass is 341 g/mol. The van der Waals surface area contributed by atoms with Gasteiger partial charge in [-0.2, -0.15) is 0 Å². The number of benzene rings is 2. The number of carbonyl (C=O) groups excluding carboxylic acids is 1. The van der Waals surface area contributed by atoms with Crippen molar-refractivity contribution in [2.24, 2.45) is 0 Å². The maximum absolute atomic E-state index is 12.8. The molecule has 2 aliphatic rings. The predicted octanol–water partition coefficient (Wildman–Crippen LogP) is 3.10. The van der Waals surface area contributed by atoms with Gasteiger partial charge in [0.25, 0.3) is 0 Å². The summed E-state index contributed by atoms with van der Waals surface area (Å²) in [6, 6.07) is 11.0. The Morgan fingerprint density at radius 2 is 1.52 bits per heavy atom.